The van der Waals surface area contributed by atoms with E-state index >= 15 is 0 Å². The largest absolute Gasteiger partial charge is 0.480 e. The van der Waals surface area contributed by atoms with Crippen LogP contribution in [0.15, 0.2) is 30.3 Å². The summed E-state index contributed by atoms with van der Waals surface area (Å²) in [6, 6.07) is 4.81. The molecule has 1 aromatic carbocycles. The summed E-state index contributed by atoms with van der Waals surface area (Å²) >= 11 is 0. The number of carboxylic acid groups (broad SMARTS) is 1. The van der Waals surface area contributed by atoms with Gasteiger partial charge in [0.15, 0.2) is 6.04 Å². The fourth-order valence-corrected chi connectivity index (χ4v) is 3.56. The van der Waals surface area contributed by atoms with Gasteiger partial charge in [-0.3, -0.25) is 14.4 Å². The van der Waals surface area contributed by atoms with Crippen LogP contribution >= 0.6 is 0 Å². The molecule has 11 heteroatoms. The fourth-order valence-electron chi connectivity index (χ4n) is 3.56. The SMILES string of the molecule is CC(C)N[C@@H](CCCCN)C(=O)N[C@@H](C)C(=O)N[C@@H](Cc1ccccc1)C(=O)N[C@H](C(=O)O)[C@@H](C)O. The van der Waals surface area contributed by atoms with Crippen molar-refractivity contribution in [2.24, 2.45) is 5.73 Å². The molecule has 0 aliphatic heterocycles. The molecule has 0 aliphatic carbocycles. The zero-order valence-electron chi connectivity index (χ0n) is 21.5. The molecule has 1 aromatic rings. The molecule has 0 unspecified atom stereocenters. The van der Waals surface area contributed by atoms with Crippen molar-refractivity contribution in [1.82, 2.24) is 21.3 Å². The molecule has 36 heavy (non-hydrogen) atoms. The van der Waals surface area contributed by atoms with E-state index in [-0.39, 0.29) is 18.4 Å². The molecular formula is C25H41N5O6. The first kappa shape index (κ1) is 31.0. The smallest absolute Gasteiger partial charge is 0.328 e. The Morgan fingerprint density at radius 1 is 0.861 bits per heavy atom. The monoisotopic (exact) mass is 507 g/mol. The van der Waals surface area contributed by atoms with Gasteiger partial charge in [0.25, 0.3) is 0 Å². The summed E-state index contributed by atoms with van der Waals surface area (Å²) in [7, 11) is 0. The summed E-state index contributed by atoms with van der Waals surface area (Å²) in [5.41, 5.74) is 6.28. The topological polar surface area (TPSA) is 183 Å². The van der Waals surface area contributed by atoms with Gasteiger partial charge < -0.3 is 37.2 Å². The zero-order chi connectivity index (χ0) is 27.3. The molecule has 5 atom stereocenters. The van der Waals surface area contributed by atoms with Gasteiger partial charge in [-0.1, -0.05) is 50.6 Å². The van der Waals surface area contributed by atoms with Crippen LogP contribution in [-0.4, -0.2) is 76.8 Å². The second-order valence-corrected chi connectivity index (χ2v) is 9.20. The highest BCUT2D eigenvalue weighted by atomic mass is 16.4. The molecule has 0 saturated carbocycles. The van der Waals surface area contributed by atoms with Crippen molar-refractivity contribution in [1.29, 1.82) is 0 Å². The van der Waals surface area contributed by atoms with E-state index in [4.69, 9.17) is 5.73 Å². The highest BCUT2D eigenvalue weighted by Gasteiger charge is 2.31. The summed E-state index contributed by atoms with van der Waals surface area (Å²) in [6.07, 6.45) is 0.830. The van der Waals surface area contributed by atoms with Crippen molar-refractivity contribution in [3.05, 3.63) is 35.9 Å². The number of carbonyl (C=O) groups is 4. The van der Waals surface area contributed by atoms with Gasteiger partial charge in [-0.2, -0.15) is 0 Å². The number of nitrogens with one attached hydrogen (secondary N) is 4. The first-order valence-corrected chi connectivity index (χ1v) is 12.3. The molecule has 0 heterocycles. The Hall–Kier alpha value is -3.02. The van der Waals surface area contributed by atoms with Crippen LogP contribution in [0.3, 0.4) is 0 Å². The summed E-state index contributed by atoms with van der Waals surface area (Å²) in [4.78, 5) is 50.1. The van der Waals surface area contributed by atoms with Crippen LogP contribution in [0.25, 0.3) is 0 Å². The Morgan fingerprint density at radius 2 is 1.47 bits per heavy atom. The summed E-state index contributed by atoms with van der Waals surface area (Å²) in [5.74, 6) is -3.11. The van der Waals surface area contributed by atoms with Crippen LogP contribution in [0.1, 0.15) is 52.5 Å². The molecule has 0 saturated heterocycles. The van der Waals surface area contributed by atoms with Crippen LogP contribution in [0.5, 0.6) is 0 Å². The van der Waals surface area contributed by atoms with E-state index in [9.17, 15) is 29.4 Å². The number of amides is 3. The quantitative estimate of drug-likeness (QED) is 0.148. The minimum atomic E-state index is -1.54. The predicted molar refractivity (Wildman–Crippen MR) is 136 cm³/mol. The van der Waals surface area contributed by atoms with Gasteiger partial charge in [0, 0.05) is 12.5 Å². The third-order valence-corrected chi connectivity index (χ3v) is 5.51. The molecule has 0 spiro atoms. The number of benzene rings is 1. The molecule has 0 aliphatic rings. The first-order valence-electron chi connectivity index (χ1n) is 12.3. The number of hydrogen-bond acceptors (Lipinski definition) is 7. The van der Waals surface area contributed by atoms with E-state index < -0.39 is 48.1 Å². The number of aliphatic carboxylic acids is 1. The lowest BCUT2D eigenvalue weighted by molar-refractivity contribution is -0.145. The van der Waals surface area contributed by atoms with E-state index in [0.29, 0.717) is 13.0 Å². The summed E-state index contributed by atoms with van der Waals surface area (Å²) in [5, 5.41) is 29.8. The summed E-state index contributed by atoms with van der Waals surface area (Å²) < 4.78 is 0. The van der Waals surface area contributed by atoms with Crippen LogP contribution in [-0.2, 0) is 25.6 Å². The maximum atomic E-state index is 12.9. The number of rotatable bonds is 16. The fraction of sp³-hybridized carbons (Fsp3) is 0.600. The molecule has 3 amide bonds. The van der Waals surface area contributed by atoms with Crippen molar-refractivity contribution in [2.45, 2.75) is 89.7 Å². The van der Waals surface area contributed by atoms with Gasteiger partial charge >= 0.3 is 5.97 Å². The maximum absolute atomic E-state index is 12.9. The van der Waals surface area contributed by atoms with Crippen molar-refractivity contribution >= 4 is 23.7 Å². The Kier molecular flexibility index (Phi) is 13.7. The normalized spacial score (nSPS) is 15.3. The van der Waals surface area contributed by atoms with E-state index in [1.807, 2.05) is 13.8 Å². The highest BCUT2D eigenvalue weighted by molar-refractivity contribution is 5.94. The van der Waals surface area contributed by atoms with E-state index in [1.165, 1.54) is 13.8 Å². The number of unbranched alkanes of at least 4 members (excludes halogenated alkanes) is 1. The third-order valence-electron chi connectivity index (χ3n) is 5.51. The summed E-state index contributed by atoms with van der Waals surface area (Å²) in [6.45, 7) is 7.12. The molecule has 202 valence electrons. The highest BCUT2D eigenvalue weighted by Crippen LogP contribution is 2.06. The molecule has 0 fully saturated rings. The minimum absolute atomic E-state index is 0.0535. The molecule has 0 aromatic heterocycles. The van der Waals surface area contributed by atoms with Crippen molar-refractivity contribution in [2.75, 3.05) is 6.54 Å². The van der Waals surface area contributed by atoms with Crippen LogP contribution in [0, 0.1) is 0 Å². The average Bonchev–Trinajstić information content (AvgIpc) is 2.81. The lowest BCUT2D eigenvalue weighted by atomic mass is 10.0. The standard InChI is InChI=1S/C25H41N5O6/c1-15(2)27-19(12-8-9-13-26)23(33)28-16(3)22(32)29-20(14-18-10-6-5-7-11-18)24(34)30-21(17(4)31)25(35)36/h5-7,10-11,15-17,19-21,27,31H,8-9,12-14,26H2,1-4H3,(H,28,33)(H,29,32)(H,30,34)(H,35,36)/t16-,17+,19-,20-,21-/m0/s1. The Bertz CT molecular complexity index is 849. The number of nitrogens with two attached hydrogens (primary N) is 1. The minimum Gasteiger partial charge on any atom is -0.480 e. The Balaban J connectivity index is 2.94. The molecular weight excluding hydrogens is 466 g/mol. The van der Waals surface area contributed by atoms with Gasteiger partial charge in [-0.15, -0.1) is 0 Å². The van der Waals surface area contributed by atoms with Crippen LogP contribution in [0.4, 0.5) is 0 Å². The predicted octanol–water partition coefficient (Wildman–Crippen LogP) is -0.336. The third kappa shape index (κ3) is 11.1. The van der Waals surface area contributed by atoms with Crippen LogP contribution in [0.2, 0.25) is 0 Å². The molecule has 0 radical (unpaired) electrons. The van der Waals surface area contributed by atoms with Crippen molar-refractivity contribution in [3.8, 4) is 0 Å². The van der Waals surface area contributed by atoms with Gasteiger partial charge in [-0.05, 0) is 38.8 Å². The Morgan fingerprint density at radius 3 is 2.00 bits per heavy atom. The number of hydrogen-bond donors (Lipinski definition) is 7. The number of aliphatic hydroxyl groups excluding tert-OH is 1. The number of aliphatic hydroxyl groups is 1. The lowest BCUT2D eigenvalue weighted by Crippen LogP contribution is -2.58. The molecule has 1 rings (SSSR count). The van der Waals surface area contributed by atoms with Gasteiger partial charge in [-0.25, -0.2) is 4.79 Å². The van der Waals surface area contributed by atoms with Gasteiger partial charge in [0.1, 0.15) is 12.1 Å². The first-order chi connectivity index (χ1) is 17.0. The maximum Gasteiger partial charge on any atom is 0.328 e. The molecule has 11 nitrogen and oxygen atoms in total. The van der Waals surface area contributed by atoms with Gasteiger partial charge in [0.2, 0.25) is 17.7 Å². The number of carbonyl (C=O) groups excluding carboxylic acids is 3. The molecule has 8 N–H and O–H groups in total. The van der Waals surface area contributed by atoms with Gasteiger partial charge in [0.05, 0.1) is 12.1 Å². The number of carboxylic acids is 1. The molecule has 0 bridgehead atoms. The van der Waals surface area contributed by atoms with E-state index in [1.54, 1.807) is 30.3 Å². The average molecular weight is 508 g/mol. The second-order valence-electron chi connectivity index (χ2n) is 9.20. The lowest BCUT2D eigenvalue weighted by Gasteiger charge is -2.26. The van der Waals surface area contributed by atoms with Crippen molar-refractivity contribution < 1.29 is 29.4 Å². The van der Waals surface area contributed by atoms with Crippen molar-refractivity contribution in [3.63, 3.8) is 0 Å². The van der Waals surface area contributed by atoms with E-state index in [0.717, 1.165) is 18.4 Å². The Labute approximate surface area is 212 Å². The van der Waals surface area contributed by atoms with Crippen LogP contribution < -0.4 is 27.0 Å². The van der Waals surface area contributed by atoms with E-state index in [2.05, 4.69) is 21.3 Å². The zero-order valence-corrected chi connectivity index (χ0v) is 21.5. The second kappa shape index (κ2) is 15.9.